The van der Waals surface area contributed by atoms with Gasteiger partial charge in [-0.3, -0.25) is 9.78 Å². The summed E-state index contributed by atoms with van der Waals surface area (Å²) in [6.07, 6.45) is 1.78. The standard InChI is InChI=1S/C23H18N2OS/c1-16(26)22-20(17-10-4-2-5-11-17)21(19-14-8-9-15-24-19)23(27-22)25-18-12-6-3-7-13-18/h2-15,25H,1H3. The van der Waals surface area contributed by atoms with Crippen LogP contribution in [0.2, 0.25) is 0 Å². The lowest BCUT2D eigenvalue weighted by Crippen LogP contribution is -1.94. The monoisotopic (exact) mass is 370 g/mol. The summed E-state index contributed by atoms with van der Waals surface area (Å²) < 4.78 is 0. The summed E-state index contributed by atoms with van der Waals surface area (Å²) >= 11 is 1.48. The van der Waals surface area contributed by atoms with Crippen molar-refractivity contribution in [2.45, 2.75) is 6.92 Å². The van der Waals surface area contributed by atoms with E-state index >= 15 is 0 Å². The highest BCUT2D eigenvalue weighted by Crippen LogP contribution is 2.47. The van der Waals surface area contributed by atoms with Crippen LogP contribution in [0, 0.1) is 0 Å². The van der Waals surface area contributed by atoms with Crippen LogP contribution in [0.25, 0.3) is 22.4 Å². The minimum Gasteiger partial charge on any atom is -0.347 e. The number of Topliss-reactive ketones (excluding diaryl/α,β-unsaturated/α-hetero) is 1. The van der Waals surface area contributed by atoms with Gasteiger partial charge in [-0.05, 0) is 36.8 Å². The fourth-order valence-corrected chi connectivity index (χ4v) is 4.20. The fourth-order valence-electron chi connectivity index (χ4n) is 3.05. The van der Waals surface area contributed by atoms with E-state index in [2.05, 4.69) is 10.3 Å². The molecule has 3 nitrogen and oxygen atoms in total. The number of hydrogen-bond acceptors (Lipinski definition) is 4. The molecule has 0 bridgehead atoms. The van der Waals surface area contributed by atoms with Gasteiger partial charge >= 0.3 is 0 Å². The average Bonchev–Trinajstić information content (AvgIpc) is 3.09. The Labute approximate surface area is 162 Å². The van der Waals surface area contributed by atoms with Crippen LogP contribution in [0.5, 0.6) is 0 Å². The van der Waals surface area contributed by atoms with Crippen molar-refractivity contribution in [1.82, 2.24) is 4.98 Å². The number of aromatic nitrogens is 1. The number of carbonyl (C=O) groups is 1. The molecule has 0 fully saturated rings. The quantitative estimate of drug-likeness (QED) is 0.412. The number of ketones is 1. The van der Waals surface area contributed by atoms with E-state index in [1.54, 1.807) is 13.1 Å². The van der Waals surface area contributed by atoms with E-state index < -0.39 is 0 Å². The van der Waals surface area contributed by atoms with Gasteiger partial charge in [0, 0.05) is 23.0 Å². The Hall–Kier alpha value is -3.24. The molecule has 0 aliphatic heterocycles. The third-order valence-corrected chi connectivity index (χ3v) is 5.45. The van der Waals surface area contributed by atoms with Crippen LogP contribution in [-0.4, -0.2) is 10.8 Å². The molecule has 0 spiro atoms. The highest BCUT2D eigenvalue weighted by atomic mass is 32.1. The molecule has 0 unspecified atom stereocenters. The van der Waals surface area contributed by atoms with Gasteiger partial charge in [-0.1, -0.05) is 54.6 Å². The average molecular weight is 370 g/mol. The van der Waals surface area contributed by atoms with Crippen LogP contribution in [0.3, 0.4) is 0 Å². The zero-order valence-electron chi connectivity index (χ0n) is 14.8. The summed E-state index contributed by atoms with van der Waals surface area (Å²) in [7, 11) is 0. The number of carbonyl (C=O) groups excluding carboxylic acids is 1. The minimum atomic E-state index is 0.0529. The van der Waals surface area contributed by atoms with Crippen LogP contribution in [0.4, 0.5) is 10.7 Å². The van der Waals surface area contributed by atoms with Crippen molar-refractivity contribution in [3.8, 4) is 22.4 Å². The number of benzene rings is 2. The third-order valence-electron chi connectivity index (χ3n) is 4.24. The second-order valence-electron chi connectivity index (χ2n) is 6.14. The van der Waals surface area contributed by atoms with E-state index in [0.717, 1.165) is 37.9 Å². The number of nitrogens with one attached hydrogen (secondary N) is 1. The van der Waals surface area contributed by atoms with Gasteiger partial charge in [-0.2, -0.15) is 0 Å². The van der Waals surface area contributed by atoms with Gasteiger partial charge in [0.15, 0.2) is 5.78 Å². The van der Waals surface area contributed by atoms with Crippen LogP contribution in [0.1, 0.15) is 16.6 Å². The Balaban J connectivity index is 1.97. The van der Waals surface area contributed by atoms with Crippen molar-refractivity contribution < 1.29 is 4.79 Å². The molecule has 0 saturated heterocycles. The summed E-state index contributed by atoms with van der Waals surface area (Å²) in [6.45, 7) is 1.62. The van der Waals surface area contributed by atoms with Gasteiger partial charge in [0.1, 0.15) is 5.00 Å². The van der Waals surface area contributed by atoms with E-state index in [0.29, 0.717) is 0 Å². The fraction of sp³-hybridized carbons (Fsp3) is 0.0435. The van der Waals surface area contributed by atoms with E-state index in [-0.39, 0.29) is 5.78 Å². The van der Waals surface area contributed by atoms with Gasteiger partial charge in [0.2, 0.25) is 0 Å². The van der Waals surface area contributed by atoms with Crippen LogP contribution in [-0.2, 0) is 0 Å². The maximum absolute atomic E-state index is 12.5. The summed E-state index contributed by atoms with van der Waals surface area (Å²) in [4.78, 5) is 17.8. The third kappa shape index (κ3) is 3.52. The maximum atomic E-state index is 12.5. The first-order valence-electron chi connectivity index (χ1n) is 8.70. The number of rotatable bonds is 5. The molecular weight excluding hydrogens is 352 g/mol. The van der Waals surface area contributed by atoms with Crippen LogP contribution < -0.4 is 5.32 Å². The highest BCUT2D eigenvalue weighted by molar-refractivity contribution is 7.19. The first-order chi connectivity index (χ1) is 13.2. The van der Waals surface area contributed by atoms with E-state index in [1.165, 1.54) is 11.3 Å². The number of anilines is 2. The Bertz CT molecular complexity index is 1060. The van der Waals surface area contributed by atoms with Crippen molar-refractivity contribution in [3.05, 3.63) is 89.9 Å². The topological polar surface area (TPSA) is 42.0 Å². The SMILES string of the molecule is CC(=O)c1sc(Nc2ccccc2)c(-c2ccccn2)c1-c1ccccc1. The molecular formula is C23H18N2OS. The molecule has 0 atom stereocenters. The van der Waals surface area contributed by atoms with Gasteiger partial charge in [0.25, 0.3) is 0 Å². The molecule has 0 radical (unpaired) electrons. The number of hydrogen-bond donors (Lipinski definition) is 1. The summed E-state index contributed by atoms with van der Waals surface area (Å²) in [6, 6.07) is 25.9. The number of para-hydroxylation sites is 1. The van der Waals surface area contributed by atoms with Gasteiger partial charge in [-0.15, -0.1) is 11.3 Å². The lowest BCUT2D eigenvalue weighted by molar-refractivity contribution is 0.102. The molecule has 4 rings (SSSR count). The van der Waals surface area contributed by atoms with Crippen molar-refractivity contribution >= 4 is 27.8 Å². The molecule has 0 aliphatic carbocycles. The van der Waals surface area contributed by atoms with Crippen molar-refractivity contribution in [3.63, 3.8) is 0 Å². The Kier molecular flexibility index (Phi) is 4.81. The normalized spacial score (nSPS) is 10.6. The molecule has 4 aromatic rings. The summed E-state index contributed by atoms with van der Waals surface area (Å²) in [5.74, 6) is 0.0529. The highest BCUT2D eigenvalue weighted by Gasteiger charge is 2.24. The summed E-state index contributed by atoms with van der Waals surface area (Å²) in [5.41, 5.74) is 4.73. The predicted octanol–water partition coefficient (Wildman–Crippen LogP) is 6.42. The van der Waals surface area contributed by atoms with Gasteiger partial charge < -0.3 is 5.32 Å². The van der Waals surface area contributed by atoms with E-state index in [9.17, 15) is 4.79 Å². The van der Waals surface area contributed by atoms with Gasteiger partial charge in [0.05, 0.1) is 10.6 Å². The molecule has 2 aromatic carbocycles. The van der Waals surface area contributed by atoms with Crippen molar-refractivity contribution in [1.29, 1.82) is 0 Å². The predicted molar refractivity (Wildman–Crippen MR) is 113 cm³/mol. The smallest absolute Gasteiger partial charge is 0.170 e. The van der Waals surface area contributed by atoms with Crippen molar-refractivity contribution in [2.75, 3.05) is 5.32 Å². The molecule has 1 N–H and O–H groups in total. The van der Waals surface area contributed by atoms with E-state index in [4.69, 9.17) is 0 Å². The molecule has 2 aromatic heterocycles. The molecule has 0 aliphatic rings. The Morgan fingerprint density at radius 1 is 0.852 bits per heavy atom. The molecule has 4 heteroatoms. The molecule has 27 heavy (non-hydrogen) atoms. The zero-order valence-corrected chi connectivity index (χ0v) is 15.7. The second kappa shape index (κ2) is 7.56. The number of nitrogens with zero attached hydrogens (tertiary/aromatic N) is 1. The lowest BCUT2D eigenvalue weighted by Gasteiger charge is -2.10. The molecule has 132 valence electrons. The lowest BCUT2D eigenvalue weighted by atomic mass is 9.97. The number of thiophene rings is 1. The zero-order chi connectivity index (χ0) is 18.6. The molecule has 0 saturated carbocycles. The van der Waals surface area contributed by atoms with Crippen molar-refractivity contribution in [2.24, 2.45) is 0 Å². The Morgan fingerprint density at radius 3 is 2.15 bits per heavy atom. The largest absolute Gasteiger partial charge is 0.347 e. The first-order valence-corrected chi connectivity index (χ1v) is 9.52. The second-order valence-corrected chi connectivity index (χ2v) is 7.16. The van der Waals surface area contributed by atoms with E-state index in [1.807, 2.05) is 78.9 Å². The molecule has 2 heterocycles. The summed E-state index contributed by atoms with van der Waals surface area (Å²) in [5, 5.41) is 4.40. The van der Waals surface area contributed by atoms with Gasteiger partial charge in [-0.25, -0.2) is 0 Å². The first kappa shape index (κ1) is 17.2. The van der Waals surface area contributed by atoms with Crippen LogP contribution >= 0.6 is 11.3 Å². The molecule has 0 amide bonds. The Morgan fingerprint density at radius 2 is 1.52 bits per heavy atom. The maximum Gasteiger partial charge on any atom is 0.170 e. The number of pyridine rings is 1. The van der Waals surface area contributed by atoms with Crippen LogP contribution in [0.15, 0.2) is 85.1 Å². The minimum absolute atomic E-state index is 0.0529.